The van der Waals surface area contributed by atoms with Gasteiger partial charge in [0.25, 0.3) is 0 Å². The largest absolute Gasteiger partial charge is 0.496 e. The van der Waals surface area contributed by atoms with E-state index >= 15 is 0 Å². The lowest BCUT2D eigenvalue weighted by Gasteiger charge is -2.37. The number of aliphatic hydroxyl groups is 1. The van der Waals surface area contributed by atoms with Gasteiger partial charge in [-0.15, -0.1) is 12.4 Å². The SMILES string of the molecule is CCOC[C@@H](CC(C)C)NC(=O)[C@@H]1CNC[C@H](C(=O)N(c2cc(OC)c(C(C)C)cn2)C2CC2)[C@@H]1O.Cl. The van der Waals surface area contributed by atoms with Crippen molar-refractivity contribution in [1.29, 1.82) is 0 Å². The van der Waals surface area contributed by atoms with Gasteiger partial charge in [-0.3, -0.25) is 14.5 Å². The van der Waals surface area contributed by atoms with Crippen LogP contribution in [-0.2, 0) is 14.3 Å². The number of aromatic nitrogens is 1. The highest BCUT2D eigenvalue weighted by Crippen LogP contribution is 2.36. The first kappa shape index (κ1) is 31.3. The predicted octanol–water partition coefficient (Wildman–Crippen LogP) is 2.89. The number of methoxy groups -OCH3 is 1. The van der Waals surface area contributed by atoms with Crippen LogP contribution in [0.5, 0.6) is 5.75 Å². The van der Waals surface area contributed by atoms with E-state index in [9.17, 15) is 14.7 Å². The molecule has 2 fully saturated rings. The van der Waals surface area contributed by atoms with E-state index in [1.807, 2.05) is 13.0 Å². The molecule has 10 heteroatoms. The van der Waals surface area contributed by atoms with Crippen molar-refractivity contribution in [3.63, 3.8) is 0 Å². The molecule has 1 aromatic heterocycles. The van der Waals surface area contributed by atoms with E-state index in [1.165, 1.54) is 0 Å². The molecule has 0 unspecified atom stereocenters. The Balaban J connectivity index is 0.00000481. The summed E-state index contributed by atoms with van der Waals surface area (Å²) in [6.45, 7) is 11.9. The lowest BCUT2D eigenvalue weighted by Crippen LogP contribution is -2.59. The quantitative estimate of drug-likeness (QED) is 0.373. The zero-order chi connectivity index (χ0) is 26.4. The number of hydrogen-bond donors (Lipinski definition) is 3. The molecule has 4 atom stereocenters. The number of rotatable bonds is 12. The normalized spacial score (nSPS) is 22.4. The molecule has 1 aliphatic carbocycles. The summed E-state index contributed by atoms with van der Waals surface area (Å²) in [5.41, 5.74) is 0.976. The molecule has 2 aliphatic rings. The maximum absolute atomic E-state index is 13.8. The number of nitrogens with one attached hydrogen (secondary N) is 2. The monoisotopic (exact) mass is 540 g/mol. The maximum atomic E-state index is 13.8. The fourth-order valence-corrected chi connectivity index (χ4v) is 4.87. The van der Waals surface area contributed by atoms with E-state index in [-0.39, 0.29) is 42.2 Å². The van der Waals surface area contributed by atoms with Crippen molar-refractivity contribution in [2.75, 3.05) is 38.3 Å². The molecule has 0 bridgehead atoms. The van der Waals surface area contributed by atoms with Gasteiger partial charge in [0.1, 0.15) is 11.6 Å². The van der Waals surface area contributed by atoms with Gasteiger partial charge in [0, 0.05) is 43.6 Å². The number of aliphatic hydroxyl groups excluding tert-OH is 1. The number of carbonyl (C=O) groups is 2. The van der Waals surface area contributed by atoms with E-state index in [0.717, 1.165) is 24.8 Å². The number of anilines is 1. The van der Waals surface area contributed by atoms with Crippen LogP contribution < -0.4 is 20.3 Å². The fraction of sp³-hybridized carbons (Fsp3) is 0.741. The Morgan fingerprint density at radius 3 is 2.46 bits per heavy atom. The second kappa shape index (κ2) is 14.3. The smallest absolute Gasteiger partial charge is 0.235 e. The summed E-state index contributed by atoms with van der Waals surface area (Å²) < 4.78 is 11.1. The average molecular weight is 541 g/mol. The van der Waals surface area contributed by atoms with E-state index < -0.39 is 17.9 Å². The summed E-state index contributed by atoms with van der Waals surface area (Å²) in [7, 11) is 1.62. The first-order chi connectivity index (χ1) is 17.2. The Hall–Kier alpha value is -1.94. The van der Waals surface area contributed by atoms with Crippen molar-refractivity contribution < 1.29 is 24.2 Å². The van der Waals surface area contributed by atoms with Crippen LogP contribution in [0.4, 0.5) is 5.82 Å². The Kier molecular flexibility index (Phi) is 12.1. The molecule has 3 rings (SSSR count). The van der Waals surface area contributed by atoms with Gasteiger partial charge in [0.2, 0.25) is 11.8 Å². The van der Waals surface area contributed by atoms with Crippen molar-refractivity contribution in [3.05, 3.63) is 17.8 Å². The van der Waals surface area contributed by atoms with Crippen molar-refractivity contribution in [2.45, 2.75) is 78.0 Å². The van der Waals surface area contributed by atoms with E-state index in [1.54, 1.807) is 18.2 Å². The summed E-state index contributed by atoms with van der Waals surface area (Å²) in [5, 5.41) is 17.5. The van der Waals surface area contributed by atoms with Crippen molar-refractivity contribution >= 4 is 30.0 Å². The van der Waals surface area contributed by atoms with Crippen molar-refractivity contribution in [3.8, 4) is 5.75 Å². The molecule has 0 spiro atoms. The third kappa shape index (κ3) is 8.02. The Labute approximate surface area is 227 Å². The second-order valence-electron chi connectivity index (χ2n) is 10.7. The number of ether oxygens (including phenoxy) is 2. The first-order valence-electron chi connectivity index (χ1n) is 13.3. The molecule has 2 amide bonds. The molecule has 3 N–H and O–H groups in total. The van der Waals surface area contributed by atoms with Gasteiger partial charge >= 0.3 is 0 Å². The number of amides is 2. The molecule has 9 nitrogen and oxygen atoms in total. The van der Waals surface area contributed by atoms with Crippen LogP contribution in [0.15, 0.2) is 12.3 Å². The van der Waals surface area contributed by atoms with Gasteiger partial charge in [-0.05, 0) is 38.0 Å². The van der Waals surface area contributed by atoms with Gasteiger partial charge in [0.05, 0.1) is 37.7 Å². The summed E-state index contributed by atoms with van der Waals surface area (Å²) in [5.74, 6) is -0.101. The van der Waals surface area contributed by atoms with Crippen LogP contribution in [0, 0.1) is 17.8 Å². The zero-order valence-electron chi connectivity index (χ0n) is 23.0. The molecule has 1 saturated heterocycles. The van der Waals surface area contributed by atoms with Gasteiger partial charge in [-0.2, -0.15) is 0 Å². The van der Waals surface area contributed by atoms with Crippen molar-refractivity contribution in [1.82, 2.24) is 15.6 Å². The van der Waals surface area contributed by atoms with Gasteiger partial charge in [-0.25, -0.2) is 4.98 Å². The van der Waals surface area contributed by atoms with Crippen LogP contribution in [0.2, 0.25) is 0 Å². The third-order valence-corrected chi connectivity index (χ3v) is 6.95. The van der Waals surface area contributed by atoms with Crippen LogP contribution in [0.1, 0.15) is 65.4 Å². The second-order valence-corrected chi connectivity index (χ2v) is 10.7. The number of nitrogens with zero attached hydrogens (tertiary/aromatic N) is 2. The molecule has 1 aliphatic heterocycles. The standard InChI is InChI=1S/C27H44N4O5.ClH/c1-7-36-15-18(10-16(2)3)30-26(33)21-12-28-13-22(25(21)32)27(34)31(19-8-9-19)24-11-23(35-6)20(14-29-24)17(4)5;/h11,14,16-19,21-22,25,28,32H,7-10,12-13,15H2,1-6H3,(H,30,33);1H/t18-,21-,22+,25-;/m1./s1. The molecule has 37 heavy (non-hydrogen) atoms. The topological polar surface area (TPSA) is 113 Å². The summed E-state index contributed by atoms with van der Waals surface area (Å²) in [6.07, 6.45) is 3.22. The highest BCUT2D eigenvalue weighted by molar-refractivity contribution is 5.96. The van der Waals surface area contributed by atoms with Crippen LogP contribution in [0.25, 0.3) is 0 Å². The summed E-state index contributed by atoms with van der Waals surface area (Å²) in [4.78, 5) is 33.2. The third-order valence-electron chi connectivity index (χ3n) is 6.95. The van der Waals surface area contributed by atoms with Crippen molar-refractivity contribution in [2.24, 2.45) is 17.8 Å². The Morgan fingerprint density at radius 1 is 1.22 bits per heavy atom. The lowest BCUT2D eigenvalue weighted by atomic mass is 9.85. The minimum absolute atomic E-state index is 0. The Bertz CT molecular complexity index is 896. The molecular formula is C27H45ClN4O5. The number of pyridine rings is 1. The van der Waals surface area contributed by atoms with Gasteiger partial charge in [-0.1, -0.05) is 27.7 Å². The molecule has 1 saturated carbocycles. The summed E-state index contributed by atoms with van der Waals surface area (Å²) in [6, 6.07) is 1.71. The minimum atomic E-state index is -1.09. The molecule has 0 aromatic carbocycles. The number of halogens is 1. The zero-order valence-corrected chi connectivity index (χ0v) is 23.8. The van der Waals surface area contributed by atoms with Crippen LogP contribution in [0.3, 0.4) is 0 Å². The van der Waals surface area contributed by atoms with Gasteiger partial charge in [0.15, 0.2) is 0 Å². The van der Waals surface area contributed by atoms with Crippen LogP contribution in [-0.4, -0.2) is 73.5 Å². The van der Waals surface area contributed by atoms with E-state index in [2.05, 4.69) is 43.3 Å². The van der Waals surface area contributed by atoms with Gasteiger partial charge < -0.3 is 25.2 Å². The summed E-state index contributed by atoms with van der Waals surface area (Å²) >= 11 is 0. The molecule has 2 heterocycles. The van der Waals surface area contributed by atoms with Crippen LogP contribution >= 0.6 is 12.4 Å². The number of hydrogen-bond acceptors (Lipinski definition) is 7. The minimum Gasteiger partial charge on any atom is -0.496 e. The number of carbonyl (C=O) groups excluding carboxylic acids is 2. The number of piperidine rings is 1. The molecular weight excluding hydrogens is 496 g/mol. The van der Waals surface area contributed by atoms with E-state index in [4.69, 9.17) is 9.47 Å². The highest BCUT2D eigenvalue weighted by Gasteiger charge is 2.45. The lowest BCUT2D eigenvalue weighted by molar-refractivity contribution is -0.137. The molecule has 1 aromatic rings. The molecule has 0 radical (unpaired) electrons. The highest BCUT2D eigenvalue weighted by atomic mass is 35.5. The first-order valence-corrected chi connectivity index (χ1v) is 13.3. The van der Waals surface area contributed by atoms with E-state index in [0.29, 0.717) is 43.8 Å². The Morgan fingerprint density at radius 2 is 1.89 bits per heavy atom. The predicted molar refractivity (Wildman–Crippen MR) is 146 cm³/mol. The average Bonchev–Trinajstić information content (AvgIpc) is 3.67. The maximum Gasteiger partial charge on any atom is 0.235 e. The molecule has 210 valence electrons. The fourth-order valence-electron chi connectivity index (χ4n) is 4.87.